The van der Waals surface area contributed by atoms with E-state index < -0.39 is 160 Å². The summed E-state index contributed by atoms with van der Waals surface area (Å²) < 4.78 is 69.0. The second kappa shape index (κ2) is 31.6. The topological polar surface area (TPSA) is 424 Å². The lowest BCUT2D eigenvalue weighted by Crippen LogP contribution is -2.48. The van der Waals surface area contributed by atoms with Crippen molar-refractivity contribution in [3.8, 4) is 17.2 Å². The van der Waals surface area contributed by atoms with Crippen molar-refractivity contribution in [2.75, 3.05) is 65.1 Å². The Hall–Kier alpha value is -6.85. The first-order valence-electron chi connectivity index (χ1n) is 30.6. The maximum absolute atomic E-state index is 15.0. The van der Waals surface area contributed by atoms with E-state index >= 15 is 4.79 Å². The third kappa shape index (κ3) is 18.5. The summed E-state index contributed by atoms with van der Waals surface area (Å²) in [6.45, 7) is 17.5. The monoisotopic (exact) mass is 1350 g/mol. The van der Waals surface area contributed by atoms with E-state index in [4.69, 9.17) is 38.4 Å². The highest BCUT2D eigenvalue weighted by Gasteiger charge is 2.51. The summed E-state index contributed by atoms with van der Waals surface area (Å²) >= 11 is 0. The third-order valence-corrected chi connectivity index (χ3v) is 20.9. The van der Waals surface area contributed by atoms with Gasteiger partial charge in [0.2, 0.25) is 6.79 Å². The van der Waals surface area contributed by atoms with Crippen molar-refractivity contribution < 1.29 is 115 Å². The van der Waals surface area contributed by atoms with Crippen LogP contribution in [0.15, 0.2) is 46.1 Å². The number of carbonyl (C=O) groups is 7. The summed E-state index contributed by atoms with van der Waals surface area (Å²) in [5.74, 6) is -10.3. The number of methoxy groups -OCH3 is 1. The van der Waals surface area contributed by atoms with E-state index in [0.717, 1.165) is 6.54 Å². The smallest absolute Gasteiger partial charge is 0.419 e. The molecule has 2 aromatic carbocycles. The van der Waals surface area contributed by atoms with Crippen molar-refractivity contribution in [3.05, 3.63) is 58.0 Å². The van der Waals surface area contributed by atoms with Crippen LogP contribution in [0.25, 0.3) is 10.8 Å². The molecule has 1 fully saturated rings. The minimum Gasteiger partial charge on any atom is -0.507 e. The second-order valence-electron chi connectivity index (χ2n) is 24.5. The van der Waals surface area contributed by atoms with E-state index in [1.807, 2.05) is 0 Å². The number of aliphatic hydroxyl groups is 1. The summed E-state index contributed by atoms with van der Waals surface area (Å²) in [6, 6.07) is 0. The van der Waals surface area contributed by atoms with Crippen molar-refractivity contribution in [1.82, 2.24) is 15.1 Å². The zero-order chi connectivity index (χ0) is 69.2. The number of likely N-dealkylation sites (tertiary alicyclic amines) is 1. The lowest BCUT2D eigenvalue weighted by molar-refractivity contribution is -0.166. The number of aromatic hydroxyl groups is 2. The number of rotatable bonds is 20. The fraction of sp³-hybridized carbons (Fsp3) is 0.623. The fourth-order valence-electron chi connectivity index (χ4n) is 11.9. The van der Waals surface area contributed by atoms with Gasteiger partial charge in [-0.2, -0.15) is 0 Å². The highest BCUT2D eigenvalue weighted by Crippen LogP contribution is 2.61. The average Bonchev–Trinajstić information content (AvgIpc) is 1.58. The predicted octanol–water partition coefficient (Wildman–Crippen LogP) is 5.23. The van der Waals surface area contributed by atoms with Gasteiger partial charge in [0.25, 0.3) is 11.7 Å². The minimum absolute atomic E-state index is 0.0146. The first-order valence-corrected chi connectivity index (χ1v) is 34.0. The molecule has 2 aromatic rings. The SMILES string of the molecule is CCC(=O)OCOC(=O)NC(=O)OCCN(CCCCC(P(=O)(O)O)P(=O)(O)O)CC(=O)O[C@@H]1[C@@H](C)[C@@H](O)[C@@H](C)[C@H](OC(C)=O)[C@H](C)[C@@H](OC)/C=C/O[C@@]2(C)Oc3c(C)c(O)c4c(O)c(c5c(c4c3C2=O)=NC2(CCN(CC(C)C)CC2)N=5)NC(=O)/C(C)=C\C=C\[C@@H]1C. The van der Waals surface area contributed by atoms with Gasteiger partial charge < -0.3 is 83.0 Å². The number of phenols is 2. The van der Waals surface area contributed by atoms with Crippen LogP contribution in [-0.4, -0.2) is 188 Å². The molecule has 9 N–H and O–H groups in total. The fourth-order valence-corrected chi connectivity index (χ4v) is 14.5. The van der Waals surface area contributed by atoms with Gasteiger partial charge in [-0.15, -0.1) is 0 Å². The number of allylic oxidation sites excluding steroid dienone is 2. The molecule has 0 saturated carbocycles. The Labute approximate surface area is 538 Å². The number of nitrogens with one attached hydrogen (secondary N) is 2. The number of fused-ring (bicyclic) bond motifs is 13. The van der Waals surface area contributed by atoms with Crippen molar-refractivity contribution in [2.24, 2.45) is 39.6 Å². The van der Waals surface area contributed by atoms with Crippen LogP contribution in [0.4, 0.5) is 15.3 Å². The largest absolute Gasteiger partial charge is 0.507 e. The summed E-state index contributed by atoms with van der Waals surface area (Å²) in [7, 11) is -9.20. The van der Waals surface area contributed by atoms with Crippen molar-refractivity contribution >= 4 is 73.4 Å². The number of phenolic OH excluding ortho intramolecular Hbond substituents is 2. The minimum atomic E-state index is -5.29. The number of unbranched alkanes of at least 4 members (excludes halogenated alkanes) is 1. The number of imide groups is 1. The van der Waals surface area contributed by atoms with Crippen LogP contribution in [0.3, 0.4) is 0 Å². The van der Waals surface area contributed by atoms with E-state index in [-0.39, 0.29) is 82.0 Å². The number of anilines is 1. The van der Waals surface area contributed by atoms with Gasteiger partial charge in [0.05, 0.1) is 41.3 Å². The van der Waals surface area contributed by atoms with Crippen LogP contribution in [0.5, 0.6) is 17.2 Å². The van der Waals surface area contributed by atoms with Gasteiger partial charge in [-0.3, -0.25) is 48.0 Å². The average molecular weight is 1350 g/mol. The molecule has 5 aliphatic rings. The molecule has 3 amide bonds. The quantitative estimate of drug-likeness (QED) is 0.0205. The molecule has 0 aromatic heterocycles. The summed E-state index contributed by atoms with van der Waals surface area (Å²) in [5.41, 5.74) is -1.19. The molecule has 0 radical (unpaired) electrons. The van der Waals surface area contributed by atoms with Crippen LogP contribution in [0.2, 0.25) is 0 Å². The lowest BCUT2D eigenvalue weighted by Gasteiger charge is -2.39. The third-order valence-electron chi connectivity index (χ3n) is 17.0. The van der Waals surface area contributed by atoms with Gasteiger partial charge in [0.1, 0.15) is 41.4 Å². The molecule has 1 saturated heterocycles. The van der Waals surface area contributed by atoms with E-state index in [0.29, 0.717) is 31.8 Å². The Morgan fingerprint density at radius 3 is 2.10 bits per heavy atom. The number of nitrogens with zero attached hydrogens (tertiary/aromatic N) is 4. The van der Waals surface area contributed by atoms with E-state index in [1.165, 1.54) is 71.1 Å². The van der Waals surface area contributed by atoms with Gasteiger partial charge in [-0.1, -0.05) is 73.1 Å². The number of hydrogen-bond donors (Lipinski definition) is 9. The van der Waals surface area contributed by atoms with E-state index in [1.54, 1.807) is 39.1 Å². The van der Waals surface area contributed by atoms with E-state index in [2.05, 4.69) is 33.5 Å². The van der Waals surface area contributed by atoms with Gasteiger partial charge in [0.15, 0.2) is 16.8 Å². The van der Waals surface area contributed by atoms with Crippen LogP contribution in [0.1, 0.15) is 124 Å². The Morgan fingerprint density at radius 2 is 1.48 bits per heavy atom. The van der Waals surface area contributed by atoms with E-state index in [9.17, 15) is 72.8 Å². The highest BCUT2D eigenvalue weighted by molar-refractivity contribution is 7.70. The Morgan fingerprint density at radius 1 is 0.849 bits per heavy atom. The van der Waals surface area contributed by atoms with Crippen molar-refractivity contribution in [1.29, 1.82) is 0 Å². The number of amides is 3. The number of carbonyl (C=O) groups excluding carboxylic acids is 7. The molecule has 0 unspecified atom stereocenters. The first kappa shape index (κ1) is 75.2. The molecular weight excluding hydrogens is 1260 g/mol. The molecule has 7 rings (SSSR count). The van der Waals surface area contributed by atoms with Crippen LogP contribution in [0, 0.1) is 36.5 Å². The number of Topliss-reactive ketones (excluding diaryl/α,β-unsaturated/α-hetero) is 1. The van der Waals surface area contributed by atoms with Crippen LogP contribution < -0.4 is 26.1 Å². The molecule has 32 heteroatoms. The number of benzene rings is 2. The number of esters is 3. The molecule has 9 atom stereocenters. The number of piperidine rings is 1. The zero-order valence-corrected chi connectivity index (χ0v) is 56.1. The number of ketones is 1. The summed E-state index contributed by atoms with van der Waals surface area (Å²) in [6.07, 6.45) is -0.288. The summed E-state index contributed by atoms with van der Waals surface area (Å²) in [4.78, 5) is 146. The molecule has 93 heavy (non-hydrogen) atoms. The molecule has 5 heterocycles. The van der Waals surface area contributed by atoms with Gasteiger partial charge in [0, 0.05) is 107 Å². The van der Waals surface area contributed by atoms with Gasteiger partial charge >= 0.3 is 51.1 Å². The molecule has 5 aliphatic heterocycles. The molecule has 1 spiro atoms. The Bertz CT molecular complexity index is 3450. The molecule has 30 nitrogen and oxygen atoms in total. The molecular formula is C61H88N6O24P2. The number of hydrogen-bond acceptors (Lipinski definition) is 24. The molecule has 516 valence electrons. The zero-order valence-electron chi connectivity index (χ0n) is 54.3. The molecule has 0 aliphatic carbocycles. The second-order valence-corrected chi connectivity index (χ2v) is 28.5. The van der Waals surface area contributed by atoms with Crippen molar-refractivity contribution in [3.63, 3.8) is 0 Å². The van der Waals surface area contributed by atoms with Crippen molar-refractivity contribution in [2.45, 2.75) is 156 Å². The maximum Gasteiger partial charge on any atom is 0.419 e. The summed E-state index contributed by atoms with van der Waals surface area (Å²) in [5, 5.41) is 39.1. The number of ether oxygens (including phenoxy) is 8. The number of alkyl carbamates (subject to hydrolysis) is 2. The lowest BCUT2D eigenvalue weighted by atomic mass is 9.78. The number of aliphatic hydroxyl groups excluding tert-OH is 1. The van der Waals surface area contributed by atoms with Crippen LogP contribution >= 0.6 is 15.2 Å². The maximum atomic E-state index is 15.0. The predicted molar refractivity (Wildman–Crippen MR) is 332 cm³/mol. The normalized spacial score (nSPS) is 25.7. The Balaban J connectivity index is 1.40. The Kier molecular flexibility index (Phi) is 25.5. The first-order chi connectivity index (χ1) is 43.5. The van der Waals surface area contributed by atoms with Crippen LogP contribution in [-0.2, 0) is 61.5 Å². The standard InChI is InChI=1S/C61H88N6O24P2/c1-13-41(69)86-31-87-59(77)63-58(76)85-28-26-66(23-15-14-19-43(92(78,79)80)93(81,82)83)30-42(70)90-53-33(4)17-16-18-34(5)57(75)62-49-48-47(64-61(65-48)21-24-67(25-22-61)29-32(2)3)44-45(52(49)73)51(72)38(9)55-46(44)56(74)60(11,91-55)88-27-20-40(84-12)35(6)54(89-39(10)68)37(8)50(71)36(53)7/h16-18,20,27,32-33,35-37,40,43,50,53-54,71-73H,13-15,19,21-26,28-31H2,1-12H3,(H,62,75)(H,63,76,77)(H2,78,79,80)(H2,81,82,83)/b17-16+,27-20+,34-18-/t33-,35+,36-,37+,40-,50+,53-,54+,60-/m0/s1. The van der Waals surface area contributed by atoms with Gasteiger partial charge in [-0.25, -0.2) is 14.9 Å². The van der Waals surface area contributed by atoms with Gasteiger partial charge in [-0.05, 0) is 45.2 Å². The molecule has 5 bridgehead atoms. The highest BCUT2D eigenvalue weighted by atomic mass is 31.2.